The van der Waals surface area contributed by atoms with Crippen LogP contribution in [-0.2, 0) is 35.1 Å². The molecular formula is C19H25N3O8. The molecule has 1 aromatic rings. The van der Waals surface area contributed by atoms with Gasteiger partial charge in [-0.1, -0.05) is 30.3 Å². The number of nitrogens with one attached hydrogen (secondary N) is 2. The number of amides is 2. The van der Waals surface area contributed by atoms with Gasteiger partial charge in [0.2, 0.25) is 11.8 Å². The summed E-state index contributed by atoms with van der Waals surface area (Å²) in [7, 11) is 1.21. The van der Waals surface area contributed by atoms with E-state index in [-0.39, 0.29) is 12.3 Å². The lowest BCUT2D eigenvalue weighted by atomic mass is 10.1. The van der Waals surface area contributed by atoms with E-state index in [0.29, 0.717) is 12.8 Å². The van der Waals surface area contributed by atoms with Crippen LogP contribution < -0.4 is 16.4 Å². The van der Waals surface area contributed by atoms with Crippen LogP contribution in [0.4, 0.5) is 0 Å². The van der Waals surface area contributed by atoms with E-state index in [1.165, 1.54) is 7.11 Å². The number of hydrogen-bond acceptors (Lipinski definition) is 7. The molecule has 1 aromatic carbocycles. The van der Waals surface area contributed by atoms with Crippen molar-refractivity contribution in [1.29, 1.82) is 0 Å². The van der Waals surface area contributed by atoms with Gasteiger partial charge in [-0.3, -0.25) is 14.4 Å². The molecule has 0 spiro atoms. The van der Waals surface area contributed by atoms with Crippen LogP contribution in [0.3, 0.4) is 0 Å². The summed E-state index contributed by atoms with van der Waals surface area (Å²) in [5.74, 6) is -3.61. The largest absolute Gasteiger partial charge is 0.481 e. The van der Waals surface area contributed by atoms with Crippen molar-refractivity contribution in [3.63, 3.8) is 0 Å². The first-order chi connectivity index (χ1) is 14.1. The Bertz CT molecular complexity index is 768. The van der Waals surface area contributed by atoms with E-state index in [1.54, 1.807) is 12.1 Å². The molecule has 0 aromatic heterocycles. The number of benzene rings is 1. The highest BCUT2D eigenvalue weighted by atomic mass is 16.5. The molecule has 0 saturated carbocycles. The fraction of sp³-hybridized carbons (Fsp3) is 0.421. The molecule has 1 fully saturated rings. The highest BCUT2D eigenvalue weighted by Gasteiger charge is 2.26. The van der Waals surface area contributed by atoms with Gasteiger partial charge < -0.3 is 31.3 Å². The number of ether oxygens (including phenoxy) is 1. The van der Waals surface area contributed by atoms with Gasteiger partial charge in [-0.25, -0.2) is 9.59 Å². The highest BCUT2D eigenvalue weighted by molar-refractivity contribution is 5.90. The number of rotatable bonds is 8. The lowest BCUT2D eigenvalue weighted by Gasteiger charge is -2.18. The zero-order chi connectivity index (χ0) is 22.7. The minimum Gasteiger partial charge on any atom is -0.481 e. The van der Waals surface area contributed by atoms with Crippen molar-refractivity contribution in [2.75, 3.05) is 7.11 Å². The lowest BCUT2D eigenvalue weighted by Crippen LogP contribution is -2.50. The van der Waals surface area contributed by atoms with Crippen molar-refractivity contribution in [3.05, 3.63) is 35.9 Å². The van der Waals surface area contributed by atoms with Gasteiger partial charge in [0, 0.05) is 12.8 Å². The molecule has 1 aliphatic heterocycles. The number of carbonyl (C=O) groups is 5. The summed E-state index contributed by atoms with van der Waals surface area (Å²) in [4.78, 5) is 54.5. The summed E-state index contributed by atoms with van der Waals surface area (Å²) in [6.45, 7) is 0. The summed E-state index contributed by atoms with van der Waals surface area (Å²) in [6.07, 6.45) is 0.495. The van der Waals surface area contributed by atoms with Crippen molar-refractivity contribution in [1.82, 2.24) is 10.6 Å². The quantitative estimate of drug-likeness (QED) is 0.328. The van der Waals surface area contributed by atoms with Crippen molar-refractivity contribution in [2.45, 2.75) is 43.8 Å². The first kappa shape index (κ1) is 24.6. The van der Waals surface area contributed by atoms with Crippen molar-refractivity contribution >= 4 is 29.7 Å². The van der Waals surface area contributed by atoms with Gasteiger partial charge in [-0.2, -0.15) is 0 Å². The topological polar surface area (TPSA) is 185 Å². The summed E-state index contributed by atoms with van der Waals surface area (Å²) < 4.78 is 4.64. The van der Waals surface area contributed by atoms with Crippen molar-refractivity contribution in [2.24, 2.45) is 5.73 Å². The van der Waals surface area contributed by atoms with Crippen molar-refractivity contribution < 1.29 is 38.9 Å². The van der Waals surface area contributed by atoms with Crippen LogP contribution in [0.2, 0.25) is 0 Å². The Morgan fingerprint density at radius 1 is 1.23 bits per heavy atom. The summed E-state index contributed by atoms with van der Waals surface area (Å²) in [5, 5.41) is 21.7. The second-order valence-corrected chi connectivity index (χ2v) is 6.48. The third kappa shape index (κ3) is 8.69. The Kier molecular flexibility index (Phi) is 9.97. The van der Waals surface area contributed by atoms with Gasteiger partial charge in [-0.05, 0) is 12.0 Å². The third-order valence-corrected chi connectivity index (χ3v) is 4.11. The first-order valence-electron chi connectivity index (χ1n) is 9.05. The maximum absolute atomic E-state index is 11.8. The Morgan fingerprint density at radius 3 is 2.30 bits per heavy atom. The molecule has 2 rings (SSSR count). The average molecular weight is 423 g/mol. The Morgan fingerprint density at radius 2 is 1.87 bits per heavy atom. The van der Waals surface area contributed by atoms with E-state index in [9.17, 15) is 24.0 Å². The van der Waals surface area contributed by atoms with Crippen LogP contribution in [0.1, 0.15) is 24.8 Å². The third-order valence-electron chi connectivity index (χ3n) is 4.11. The lowest BCUT2D eigenvalue weighted by molar-refractivity contribution is -0.145. The second-order valence-electron chi connectivity index (χ2n) is 6.48. The van der Waals surface area contributed by atoms with Gasteiger partial charge in [-0.15, -0.1) is 0 Å². The number of carboxylic acid groups (broad SMARTS) is 2. The predicted molar refractivity (Wildman–Crippen MR) is 103 cm³/mol. The molecule has 2 unspecified atom stereocenters. The number of esters is 1. The van der Waals surface area contributed by atoms with Crippen LogP contribution in [0.15, 0.2) is 30.3 Å². The molecule has 1 saturated heterocycles. The van der Waals surface area contributed by atoms with Gasteiger partial charge in [0.25, 0.3) is 0 Å². The predicted octanol–water partition coefficient (Wildman–Crippen LogP) is -0.961. The minimum absolute atomic E-state index is 0.164. The standard InChI is InChI=1S/C14H18N2O5.C5H7NO3/c1-21-14(20)11(7-9-5-3-2-4-6-9)16-13(19)10(15)8-12(17)18;7-4-2-1-3(6-4)5(8)9/h2-6,10-11H,7-8,15H2,1H3,(H,16,19)(H,17,18);3H,1-2H2,(H,6,7)(H,8,9)/t;3-/m.0/s1. The number of carbonyl (C=O) groups excluding carboxylic acids is 3. The van der Waals surface area contributed by atoms with E-state index < -0.39 is 48.4 Å². The highest BCUT2D eigenvalue weighted by Crippen LogP contribution is 2.06. The van der Waals surface area contributed by atoms with Crippen LogP contribution in [0, 0.1) is 0 Å². The molecular weight excluding hydrogens is 398 g/mol. The fourth-order valence-electron chi connectivity index (χ4n) is 2.54. The maximum Gasteiger partial charge on any atom is 0.328 e. The number of aliphatic carboxylic acids is 2. The molecule has 11 heteroatoms. The van der Waals surface area contributed by atoms with E-state index in [2.05, 4.69) is 15.4 Å². The molecule has 2 amide bonds. The number of carboxylic acids is 2. The molecule has 1 heterocycles. The van der Waals surface area contributed by atoms with Gasteiger partial charge in [0.15, 0.2) is 0 Å². The average Bonchev–Trinajstić information content (AvgIpc) is 3.14. The summed E-state index contributed by atoms with van der Waals surface area (Å²) in [5.41, 5.74) is 6.29. The molecule has 0 aliphatic carbocycles. The van der Waals surface area contributed by atoms with Gasteiger partial charge in [0.05, 0.1) is 19.6 Å². The summed E-state index contributed by atoms with van der Waals surface area (Å²) >= 11 is 0. The smallest absolute Gasteiger partial charge is 0.328 e. The number of nitrogens with two attached hydrogens (primary N) is 1. The number of hydrogen-bond donors (Lipinski definition) is 5. The molecule has 11 nitrogen and oxygen atoms in total. The van der Waals surface area contributed by atoms with Crippen LogP contribution in [0.5, 0.6) is 0 Å². The molecule has 3 atom stereocenters. The molecule has 0 radical (unpaired) electrons. The van der Waals surface area contributed by atoms with Crippen LogP contribution >= 0.6 is 0 Å². The summed E-state index contributed by atoms with van der Waals surface area (Å²) in [6, 6.07) is 6.28. The van der Waals surface area contributed by atoms with Crippen molar-refractivity contribution in [3.8, 4) is 0 Å². The Balaban J connectivity index is 0.000000414. The fourth-order valence-corrected chi connectivity index (χ4v) is 2.54. The molecule has 6 N–H and O–H groups in total. The molecule has 164 valence electrons. The normalized spacial score (nSPS) is 16.9. The van der Waals surface area contributed by atoms with Gasteiger partial charge in [0.1, 0.15) is 12.1 Å². The van der Waals surface area contributed by atoms with Crippen LogP contribution in [0.25, 0.3) is 0 Å². The maximum atomic E-state index is 11.8. The van der Waals surface area contributed by atoms with E-state index >= 15 is 0 Å². The van der Waals surface area contributed by atoms with E-state index in [1.807, 2.05) is 18.2 Å². The monoisotopic (exact) mass is 423 g/mol. The van der Waals surface area contributed by atoms with Gasteiger partial charge >= 0.3 is 17.9 Å². The van der Waals surface area contributed by atoms with Crippen LogP contribution in [-0.4, -0.2) is 65.2 Å². The SMILES string of the molecule is COC(=O)C(Cc1ccccc1)NC(=O)C(N)CC(=O)O.O=C1CC[C@@H](C(=O)O)N1. The minimum atomic E-state index is -1.22. The Labute approximate surface area is 172 Å². The molecule has 1 aliphatic rings. The van der Waals surface area contributed by atoms with E-state index in [4.69, 9.17) is 15.9 Å². The second kappa shape index (κ2) is 12.2. The van der Waals surface area contributed by atoms with E-state index in [0.717, 1.165) is 5.56 Å². The molecule has 0 bridgehead atoms. The number of methoxy groups -OCH3 is 1. The first-order valence-corrected chi connectivity index (χ1v) is 9.05. The zero-order valence-corrected chi connectivity index (χ0v) is 16.4. The zero-order valence-electron chi connectivity index (χ0n) is 16.4. The molecule has 30 heavy (non-hydrogen) atoms. The Hall–Kier alpha value is -3.47.